The molecule has 0 atom stereocenters. The zero-order valence-corrected chi connectivity index (χ0v) is 8.06. The molecule has 0 amide bonds. The molecule has 78 valence electrons. The van der Waals surface area contributed by atoms with E-state index in [0.717, 1.165) is 0 Å². The topological polar surface area (TPSA) is 72.6 Å². The first-order valence-corrected chi connectivity index (χ1v) is 4.34. The number of aromatic nitrogens is 1. The molecule has 0 bridgehead atoms. The molecule has 0 radical (unpaired) electrons. The number of nitrogens with zero attached hydrogens (tertiary/aromatic N) is 1. The van der Waals surface area contributed by atoms with Crippen molar-refractivity contribution in [3.05, 3.63) is 23.8 Å². The van der Waals surface area contributed by atoms with Crippen LogP contribution >= 0.6 is 0 Å². The molecule has 0 aliphatic heterocycles. The number of oxazole rings is 1. The average molecular weight is 207 g/mol. The summed E-state index contributed by atoms with van der Waals surface area (Å²) in [6.45, 7) is 0. The number of benzene rings is 1. The molecular formula is C10H9NO4. The molecule has 15 heavy (non-hydrogen) atoms. The minimum atomic E-state index is -0.871. The van der Waals surface area contributed by atoms with Crippen molar-refractivity contribution >= 4 is 17.1 Å². The lowest BCUT2D eigenvalue weighted by molar-refractivity contribution is -0.136. The van der Waals surface area contributed by atoms with Crippen molar-refractivity contribution < 1.29 is 19.1 Å². The van der Waals surface area contributed by atoms with Crippen molar-refractivity contribution in [1.29, 1.82) is 0 Å². The van der Waals surface area contributed by atoms with Crippen LogP contribution in [0.1, 0.15) is 5.56 Å². The first-order valence-electron chi connectivity index (χ1n) is 4.34. The lowest BCUT2D eigenvalue weighted by Crippen LogP contribution is -1.99. The molecule has 0 fully saturated rings. The minimum absolute atomic E-state index is 0.0227. The van der Waals surface area contributed by atoms with E-state index < -0.39 is 5.97 Å². The van der Waals surface area contributed by atoms with Gasteiger partial charge in [-0.2, -0.15) is 4.98 Å². The zero-order chi connectivity index (χ0) is 10.8. The Hall–Kier alpha value is -2.04. The second-order valence-corrected chi connectivity index (χ2v) is 3.06. The number of aliphatic carboxylic acids is 1. The van der Waals surface area contributed by atoms with E-state index in [1.807, 2.05) is 0 Å². The normalized spacial score (nSPS) is 10.5. The van der Waals surface area contributed by atoms with Gasteiger partial charge in [-0.3, -0.25) is 4.79 Å². The third-order valence-electron chi connectivity index (χ3n) is 1.96. The summed E-state index contributed by atoms with van der Waals surface area (Å²) in [4.78, 5) is 14.5. The van der Waals surface area contributed by atoms with E-state index in [1.165, 1.54) is 7.11 Å². The van der Waals surface area contributed by atoms with Crippen LogP contribution < -0.4 is 4.74 Å². The van der Waals surface area contributed by atoms with E-state index in [0.29, 0.717) is 16.7 Å². The fraction of sp³-hybridized carbons (Fsp3) is 0.200. The molecule has 0 saturated carbocycles. The van der Waals surface area contributed by atoms with Gasteiger partial charge in [0.1, 0.15) is 5.52 Å². The van der Waals surface area contributed by atoms with Crippen LogP contribution in [0.2, 0.25) is 0 Å². The summed E-state index contributed by atoms with van der Waals surface area (Å²) in [7, 11) is 1.46. The molecular weight excluding hydrogens is 198 g/mol. The van der Waals surface area contributed by atoms with Crippen LogP contribution in [-0.2, 0) is 11.2 Å². The van der Waals surface area contributed by atoms with Gasteiger partial charge in [0.15, 0.2) is 5.58 Å². The smallest absolute Gasteiger partial charge is 0.394 e. The van der Waals surface area contributed by atoms with Gasteiger partial charge in [-0.25, -0.2) is 0 Å². The Morgan fingerprint density at radius 2 is 2.40 bits per heavy atom. The molecule has 0 saturated heterocycles. The Kier molecular flexibility index (Phi) is 2.29. The van der Waals surface area contributed by atoms with E-state index in [9.17, 15) is 4.79 Å². The molecule has 0 aliphatic rings. The van der Waals surface area contributed by atoms with Gasteiger partial charge in [-0.15, -0.1) is 0 Å². The number of fused-ring (bicyclic) bond motifs is 1. The molecule has 5 heteroatoms. The summed E-state index contributed by atoms with van der Waals surface area (Å²) in [5, 5.41) is 8.62. The van der Waals surface area contributed by atoms with Crippen LogP contribution in [0.5, 0.6) is 6.08 Å². The number of methoxy groups -OCH3 is 1. The van der Waals surface area contributed by atoms with Crippen molar-refractivity contribution in [3.8, 4) is 6.08 Å². The zero-order valence-electron chi connectivity index (χ0n) is 8.06. The molecule has 1 heterocycles. The summed E-state index contributed by atoms with van der Waals surface area (Å²) in [5.74, 6) is -0.871. The van der Waals surface area contributed by atoms with Gasteiger partial charge in [0, 0.05) is 0 Å². The molecule has 1 N–H and O–H groups in total. The van der Waals surface area contributed by atoms with Gasteiger partial charge < -0.3 is 14.3 Å². The van der Waals surface area contributed by atoms with Crippen LogP contribution in [0.4, 0.5) is 0 Å². The third-order valence-corrected chi connectivity index (χ3v) is 1.96. The second kappa shape index (κ2) is 3.61. The van der Waals surface area contributed by atoms with Gasteiger partial charge in [0.25, 0.3) is 0 Å². The van der Waals surface area contributed by atoms with Crippen LogP contribution in [0.15, 0.2) is 22.6 Å². The largest absolute Gasteiger partial charge is 0.481 e. The molecule has 1 aromatic heterocycles. The second-order valence-electron chi connectivity index (χ2n) is 3.06. The first-order chi connectivity index (χ1) is 7.19. The number of carbonyl (C=O) groups is 1. The Morgan fingerprint density at radius 3 is 3.07 bits per heavy atom. The summed E-state index contributed by atoms with van der Waals surface area (Å²) in [5.41, 5.74) is 1.87. The Morgan fingerprint density at radius 1 is 1.60 bits per heavy atom. The molecule has 1 aromatic carbocycles. The Labute approximate surface area is 85.3 Å². The number of carboxylic acid groups (broad SMARTS) is 1. The molecule has 0 unspecified atom stereocenters. The van der Waals surface area contributed by atoms with Gasteiger partial charge in [0.05, 0.1) is 13.5 Å². The molecule has 5 nitrogen and oxygen atoms in total. The summed E-state index contributed by atoms with van der Waals surface area (Å²) in [6, 6.07) is 5.06. The quantitative estimate of drug-likeness (QED) is 0.824. The van der Waals surface area contributed by atoms with Crippen molar-refractivity contribution in [1.82, 2.24) is 4.98 Å². The minimum Gasteiger partial charge on any atom is -0.481 e. The summed E-state index contributed by atoms with van der Waals surface area (Å²) >= 11 is 0. The number of rotatable bonds is 3. The van der Waals surface area contributed by atoms with Crippen LogP contribution in [0, 0.1) is 0 Å². The van der Waals surface area contributed by atoms with Gasteiger partial charge in [0.2, 0.25) is 0 Å². The average Bonchev–Trinajstić information content (AvgIpc) is 2.58. The SMILES string of the molecule is COc1nc2cc(CC(=O)O)ccc2o1. The van der Waals surface area contributed by atoms with Crippen LogP contribution in [0.3, 0.4) is 0 Å². The first kappa shape index (κ1) is 9.51. The predicted molar refractivity (Wildman–Crippen MR) is 51.9 cm³/mol. The van der Waals surface area contributed by atoms with Crippen molar-refractivity contribution in [2.45, 2.75) is 6.42 Å². The fourth-order valence-corrected chi connectivity index (χ4v) is 1.32. The summed E-state index contributed by atoms with van der Waals surface area (Å²) < 4.78 is 10.0. The lowest BCUT2D eigenvalue weighted by Gasteiger charge is -1.94. The highest BCUT2D eigenvalue weighted by atomic mass is 16.6. The van der Waals surface area contributed by atoms with E-state index in [4.69, 9.17) is 14.3 Å². The number of hydrogen-bond donors (Lipinski definition) is 1. The van der Waals surface area contributed by atoms with Gasteiger partial charge >= 0.3 is 12.0 Å². The molecule has 0 spiro atoms. The van der Waals surface area contributed by atoms with Crippen LogP contribution in [-0.4, -0.2) is 23.2 Å². The van der Waals surface area contributed by atoms with E-state index in [1.54, 1.807) is 18.2 Å². The highest BCUT2D eigenvalue weighted by Crippen LogP contribution is 2.21. The monoisotopic (exact) mass is 207 g/mol. The maximum atomic E-state index is 10.5. The standard InChI is InChI=1S/C10H9NO4/c1-14-10-11-7-4-6(5-9(12)13)2-3-8(7)15-10/h2-4H,5H2,1H3,(H,12,13). The lowest BCUT2D eigenvalue weighted by atomic mass is 10.1. The van der Waals surface area contributed by atoms with E-state index >= 15 is 0 Å². The van der Waals surface area contributed by atoms with Crippen molar-refractivity contribution in [2.24, 2.45) is 0 Å². The number of hydrogen-bond acceptors (Lipinski definition) is 4. The predicted octanol–water partition coefficient (Wildman–Crippen LogP) is 1.46. The Bertz CT molecular complexity index is 503. The molecule has 2 rings (SSSR count). The maximum absolute atomic E-state index is 10.5. The molecule has 0 aliphatic carbocycles. The van der Waals surface area contributed by atoms with Gasteiger partial charge in [-0.1, -0.05) is 6.07 Å². The molecule has 2 aromatic rings. The number of ether oxygens (including phenoxy) is 1. The van der Waals surface area contributed by atoms with Crippen LogP contribution in [0.25, 0.3) is 11.1 Å². The van der Waals surface area contributed by atoms with E-state index in [-0.39, 0.29) is 12.5 Å². The van der Waals surface area contributed by atoms with Gasteiger partial charge in [-0.05, 0) is 17.7 Å². The number of carboxylic acids is 1. The fourth-order valence-electron chi connectivity index (χ4n) is 1.32. The highest BCUT2D eigenvalue weighted by molar-refractivity contribution is 5.77. The highest BCUT2D eigenvalue weighted by Gasteiger charge is 2.07. The van der Waals surface area contributed by atoms with Crippen molar-refractivity contribution in [3.63, 3.8) is 0 Å². The summed E-state index contributed by atoms with van der Waals surface area (Å²) in [6.07, 6.45) is 0.156. The third kappa shape index (κ3) is 1.90. The Balaban J connectivity index is 2.41. The maximum Gasteiger partial charge on any atom is 0.394 e. The van der Waals surface area contributed by atoms with Crippen molar-refractivity contribution in [2.75, 3.05) is 7.11 Å². The van der Waals surface area contributed by atoms with E-state index in [2.05, 4.69) is 4.98 Å².